The Morgan fingerprint density at radius 3 is 1.37 bits per heavy atom. The molecule has 0 saturated carbocycles. The van der Waals surface area contributed by atoms with Gasteiger partial charge in [-0.05, 0) is 26.0 Å². The summed E-state index contributed by atoms with van der Waals surface area (Å²) in [6.07, 6.45) is 10.8. The van der Waals surface area contributed by atoms with E-state index < -0.39 is 5.41 Å². The zero-order chi connectivity index (χ0) is 25.2. The fraction of sp³-hybridized carbons (Fsp3) is 0.0909. The molecule has 0 aliphatic heterocycles. The molecule has 0 saturated heterocycles. The van der Waals surface area contributed by atoms with Crippen molar-refractivity contribution in [2.24, 2.45) is 0 Å². The third kappa shape index (κ3) is 5.04. The van der Waals surface area contributed by atoms with Gasteiger partial charge in [0.25, 0.3) is 0 Å². The maximum Gasteiger partial charge on any atom is 2.00 e. The van der Waals surface area contributed by atoms with E-state index in [0.717, 1.165) is 45.3 Å². The summed E-state index contributed by atoms with van der Waals surface area (Å²) in [5.41, 5.74) is 6.02. The Kier molecular flexibility index (Phi) is 7.25. The second-order valence-electron chi connectivity index (χ2n) is 9.57. The van der Waals surface area contributed by atoms with Crippen LogP contribution in [0.25, 0.3) is 33.9 Å². The maximum atomic E-state index is 5.02. The molecule has 0 amide bonds. The van der Waals surface area contributed by atoms with Crippen molar-refractivity contribution in [1.29, 1.82) is 0 Å². The third-order valence-corrected chi connectivity index (χ3v) is 6.71. The van der Waals surface area contributed by atoms with Crippen molar-refractivity contribution in [1.82, 2.24) is 19.1 Å². The van der Waals surface area contributed by atoms with Gasteiger partial charge >= 0.3 is 20.4 Å². The summed E-state index contributed by atoms with van der Waals surface area (Å²) in [6.45, 7) is 4.32. The van der Waals surface area contributed by atoms with Crippen molar-refractivity contribution >= 4 is 0 Å². The number of aromatic nitrogens is 4. The van der Waals surface area contributed by atoms with Gasteiger partial charge in [-0.15, -0.1) is 35.7 Å². The number of rotatable bonds is 6. The Morgan fingerprint density at radius 1 is 0.526 bits per heavy atom. The average Bonchev–Trinajstić information content (AvgIpc) is 3.65. The summed E-state index contributed by atoms with van der Waals surface area (Å²) < 4.78 is 3.90. The first kappa shape index (κ1) is 25.6. The fourth-order valence-corrected chi connectivity index (χ4v) is 4.49. The predicted molar refractivity (Wildman–Crippen MR) is 148 cm³/mol. The van der Waals surface area contributed by atoms with Crippen LogP contribution in [0.2, 0.25) is 0 Å². The van der Waals surface area contributed by atoms with Crippen molar-refractivity contribution in [3.63, 3.8) is 0 Å². The number of hydrogen-bond donors (Lipinski definition) is 0. The molecule has 0 N–H and O–H groups in total. The molecule has 6 aromatic rings. The predicted octanol–water partition coefficient (Wildman–Crippen LogP) is 7.32. The molecule has 6 rings (SSSR count). The summed E-state index contributed by atoms with van der Waals surface area (Å²) >= 11 is 0. The van der Waals surface area contributed by atoms with Gasteiger partial charge in [-0.25, -0.2) is 0 Å². The summed E-state index contributed by atoms with van der Waals surface area (Å²) in [5, 5.41) is 0. The van der Waals surface area contributed by atoms with Gasteiger partial charge in [0.2, 0.25) is 0 Å². The summed E-state index contributed by atoms with van der Waals surface area (Å²) in [4.78, 5) is 10.0. The molecule has 188 valence electrons. The molecule has 4 nitrogen and oxygen atoms in total. The molecule has 0 bridgehead atoms. The average molecular weight is 585 g/mol. The van der Waals surface area contributed by atoms with Crippen LogP contribution in [0.4, 0.5) is 0 Å². The molecule has 0 spiro atoms. The molecule has 0 radical (unpaired) electrons. The first-order valence-electron chi connectivity index (χ1n) is 12.3. The van der Waals surface area contributed by atoms with Gasteiger partial charge in [0, 0.05) is 16.8 Å². The van der Waals surface area contributed by atoms with E-state index in [9.17, 15) is 0 Å². The standard InChI is InChI=1S/C33H26N4.Pd/c1-33(2,29-15-9-17-31(34-29)36-21-19-27(23-36)25-11-5-3-6-12-25)30-16-10-18-32(35-30)37-22-20-28(24-37)26-13-7-4-8-14-26;/h3-20,23-24H,1-2H3;/q-2;+2. The molecule has 38 heavy (non-hydrogen) atoms. The Morgan fingerprint density at radius 2 is 0.947 bits per heavy atom. The summed E-state index contributed by atoms with van der Waals surface area (Å²) in [6, 6.07) is 36.9. The number of hydrogen-bond acceptors (Lipinski definition) is 2. The van der Waals surface area contributed by atoms with Crippen molar-refractivity contribution in [3.05, 3.63) is 145 Å². The number of nitrogens with zero attached hydrogens (tertiary/aromatic N) is 4. The van der Waals surface area contributed by atoms with Crippen LogP contribution >= 0.6 is 0 Å². The Labute approximate surface area is 237 Å². The smallest absolute Gasteiger partial charge is 0.435 e. The van der Waals surface area contributed by atoms with Crippen LogP contribution in [0.5, 0.6) is 0 Å². The molecular formula is C33H26N4Pd. The normalized spacial score (nSPS) is 11.2. The molecule has 0 fully saturated rings. The van der Waals surface area contributed by atoms with Crippen LogP contribution in [0.15, 0.2) is 122 Å². The van der Waals surface area contributed by atoms with Crippen LogP contribution in [0.1, 0.15) is 25.2 Å². The van der Waals surface area contributed by atoms with E-state index >= 15 is 0 Å². The quantitative estimate of drug-likeness (QED) is 0.152. The zero-order valence-corrected chi connectivity index (χ0v) is 22.7. The Hall–Kier alpha value is -4.04. The molecule has 0 unspecified atom stereocenters. The maximum absolute atomic E-state index is 5.02. The second kappa shape index (κ2) is 10.8. The van der Waals surface area contributed by atoms with Crippen LogP contribution < -0.4 is 0 Å². The summed E-state index contributed by atoms with van der Waals surface area (Å²) in [5.74, 6) is 1.66. The minimum Gasteiger partial charge on any atom is -0.435 e. The number of benzene rings is 2. The first-order valence-corrected chi connectivity index (χ1v) is 12.3. The molecular weight excluding hydrogens is 559 g/mol. The van der Waals surface area contributed by atoms with E-state index in [1.165, 1.54) is 0 Å². The van der Waals surface area contributed by atoms with E-state index in [4.69, 9.17) is 9.97 Å². The first-order chi connectivity index (χ1) is 18.1. The minimum atomic E-state index is -0.406. The van der Waals surface area contributed by atoms with Gasteiger partial charge in [0.1, 0.15) is 0 Å². The van der Waals surface area contributed by atoms with Crippen molar-refractivity contribution in [2.45, 2.75) is 19.3 Å². The molecule has 4 aromatic heterocycles. The summed E-state index contributed by atoms with van der Waals surface area (Å²) in [7, 11) is 0. The molecule has 0 aliphatic carbocycles. The van der Waals surface area contributed by atoms with E-state index in [-0.39, 0.29) is 20.4 Å². The minimum absolute atomic E-state index is 0. The molecule has 0 aliphatic rings. The number of pyridine rings is 2. The molecule has 5 heteroatoms. The molecule has 0 atom stereocenters. The van der Waals surface area contributed by atoms with Crippen molar-refractivity contribution < 1.29 is 20.4 Å². The van der Waals surface area contributed by atoms with E-state index in [0.29, 0.717) is 0 Å². The van der Waals surface area contributed by atoms with Gasteiger partial charge in [0.05, 0.1) is 11.6 Å². The van der Waals surface area contributed by atoms with E-state index in [2.05, 4.69) is 75.0 Å². The van der Waals surface area contributed by atoms with Crippen LogP contribution in [0, 0.1) is 12.4 Å². The van der Waals surface area contributed by atoms with E-state index in [1.54, 1.807) is 0 Å². The second-order valence-corrected chi connectivity index (χ2v) is 9.57. The molecule has 4 heterocycles. The Balaban J connectivity index is 0.00000294. The zero-order valence-electron chi connectivity index (χ0n) is 21.2. The van der Waals surface area contributed by atoms with E-state index in [1.807, 2.05) is 81.9 Å². The largest absolute Gasteiger partial charge is 2.00 e. The van der Waals surface area contributed by atoms with Gasteiger partial charge in [-0.3, -0.25) is 9.97 Å². The third-order valence-electron chi connectivity index (χ3n) is 6.71. The molecule has 2 aromatic carbocycles. The van der Waals surface area contributed by atoms with Crippen LogP contribution in [-0.4, -0.2) is 19.1 Å². The van der Waals surface area contributed by atoms with Gasteiger partial charge in [-0.1, -0.05) is 108 Å². The monoisotopic (exact) mass is 584 g/mol. The van der Waals surface area contributed by atoms with Crippen molar-refractivity contribution in [2.75, 3.05) is 0 Å². The van der Waals surface area contributed by atoms with Gasteiger partial charge in [-0.2, -0.15) is 0 Å². The Bertz CT molecular complexity index is 1530. The van der Waals surface area contributed by atoms with Gasteiger partial charge < -0.3 is 9.13 Å². The van der Waals surface area contributed by atoms with Gasteiger partial charge in [0.15, 0.2) is 0 Å². The SMILES string of the molecule is CC(C)(c1cccc(-n2[c-]cc(-c3ccccc3)c2)n1)c1cccc(-n2[c-]cc(-c3ccccc3)c2)n1.[Pd+2]. The van der Waals surface area contributed by atoms with Crippen LogP contribution in [-0.2, 0) is 25.8 Å². The fourth-order valence-electron chi connectivity index (χ4n) is 4.49. The van der Waals surface area contributed by atoms with Crippen molar-refractivity contribution in [3.8, 4) is 33.9 Å². The van der Waals surface area contributed by atoms with Crippen LogP contribution in [0.3, 0.4) is 0 Å². The topological polar surface area (TPSA) is 35.6 Å².